The number of hydrogen-bond acceptors (Lipinski definition) is 5. The van der Waals surface area contributed by atoms with Crippen LogP contribution in [0.25, 0.3) is 0 Å². The zero-order valence-corrected chi connectivity index (χ0v) is 12.3. The van der Waals surface area contributed by atoms with Crippen molar-refractivity contribution < 1.29 is 14.8 Å². The van der Waals surface area contributed by atoms with E-state index in [0.717, 1.165) is 6.42 Å². The maximum absolute atomic E-state index is 11.9. The summed E-state index contributed by atoms with van der Waals surface area (Å²) < 4.78 is 0. The fourth-order valence-electron chi connectivity index (χ4n) is 1.72. The van der Waals surface area contributed by atoms with Gasteiger partial charge < -0.3 is 10.4 Å². The zero-order chi connectivity index (χ0) is 15.1. The molecular weight excluding hydrogens is 280 g/mol. The zero-order valence-electron chi connectivity index (χ0n) is 11.5. The molecule has 0 aliphatic rings. The van der Waals surface area contributed by atoms with Crippen LogP contribution in [0.1, 0.15) is 30.1 Å². The Morgan fingerprint density at radius 2 is 2.25 bits per heavy atom. The van der Waals surface area contributed by atoms with E-state index in [2.05, 4.69) is 5.32 Å². The first-order valence-corrected chi connectivity index (χ1v) is 7.50. The number of carbonyl (C=O) groups excluding carboxylic acids is 1. The molecule has 0 spiro atoms. The number of amides is 1. The second-order valence-electron chi connectivity index (χ2n) is 4.30. The predicted molar refractivity (Wildman–Crippen MR) is 78.1 cm³/mol. The minimum Gasteiger partial charge on any atom is -0.391 e. The normalized spacial score (nSPS) is 11.9. The van der Waals surface area contributed by atoms with Gasteiger partial charge in [-0.25, -0.2) is 0 Å². The van der Waals surface area contributed by atoms with Crippen LogP contribution in [0.15, 0.2) is 23.1 Å². The van der Waals surface area contributed by atoms with Gasteiger partial charge in [0.05, 0.1) is 15.9 Å². The van der Waals surface area contributed by atoms with E-state index in [1.54, 1.807) is 18.4 Å². The lowest BCUT2D eigenvalue weighted by Crippen LogP contribution is -2.32. The van der Waals surface area contributed by atoms with Crippen molar-refractivity contribution in [2.24, 2.45) is 0 Å². The number of hydrogen-bond donors (Lipinski definition) is 2. The van der Waals surface area contributed by atoms with E-state index >= 15 is 0 Å². The van der Waals surface area contributed by atoms with Crippen molar-refractivity contribution >= 4 is 23.4 Å². The maximum atomic E-state index is 11.9. The van der Waals surface area contributed by atoms with Gasteiger partial charge in [0, 0.05) is 18.2 Å². The Morgan fingerprint density at radius 1 is 1.55 bits per heavy atom. The van der Waals surface area contributed by atoms with E-state index in [1.807, 2.05) is 6.92 Å². The van der Waals surface area contributed by atoms with Crippen molar-refractivity contribution in [3.63, 3.8) is 0 Å². The number of carbonyl (C=O) groups is 1. The summed E-state index contributed by atoms with van der Waals surface area (Å²) in [4.78, 5) is 22.8. The SMILES string of the molecule is CCCC(O)CNC(=O)c1ccc(SC)c([N+](=O)[O-])c1. The molecule has 1 unspecified atom stereocenters. The van der Waals surface area contributed by atoms with Crippen LogP contribution >= 0.6 is 11.8 Å². The van der Waals surface area contributed by atoms with E-state index in [9.17, 15) is 20.0 Å². The first-order chi connectivity index (χ1) is 9.49. The number of rotatable bonds is 7. The first-order valence-electron chi connectivity index (χ1n) is 6.28. The molecule has 2 N–H and O–H groups in total. The number of aliphatic hydroxyl groups is 1. The molecule has 6 nitrogen and oxygen atoms in total. The van der Waals surface area contributed by atoms with Gasteiger partial charge in [-0.05, 0) is 24.8 Å². The summed E-state index contributed by atoms with van der Waals surface area (Å²) in [7, 11) is 0. The van der Waals surface area contributed by atoms with Gasteiger partial charge in [0.15, 0.2) is 0 Å². The van der Waals surface area contributed by atoms with E-state index in [1.165, 1.54) is 17.8 Å². The van der Waals surface area contributed by atoms with Gasteiger partial charge in [-0.1, -0.05) is 13.3 Å². The third-order valence-electron chi connectivity index (χ3n) is 2.76. The lowest BCUT2D eigenvalue weighted by molar-refractivity contribution is -0.387. The first kappa shape index (κ1) is 16.5. The van der Waals surface area contributed by atoms with Crippen LogP contribution in [0.5, 0.6) is 0 Å². The minimum atomic E-state index is -0.593. The van der Waals surface area contributed by atoms with Crippen molar-refractivity contribution in [2.45, 2.75) is 30.8 Å². The highest BCUT2D eigenvalue weighted by molar-refractivity contribution is 7.98. The highest BCUT2D eigenvalue weighted by Crippen LogP contribution is 2.28. The quantitative estimate of drug-likeness (QED) is 0.457. The molecule has 0 radical (unpaired) electrons. The smallest absolute Gasteiger partial charge is 0.283 e. The monoisotopic (exact) mass is 298 g/mol. The van der Waals surface area contributed by atoms with Gasteiger partial charge >= 0.3 is 0 Å². The van der Waals surface area contributed by atoms with Gasteiger partial charge in [0.1, 0.15) is 0 Å². The van der Waals surface area contributed by atoms with E-state index in [4.69, 9.17) is 0 Å². The molecule has 0 saturated carbocycles. The average Bonchev–Trinajstić information content (AvgIpc) is 2.44. The largest absolute Gasteiger partial charge is 0.391 e. The summed E-state index contributed by atoms with van der Waals surface area (Å²) in [6.45, 7) is 2.08. The third-order valence-corrected chi connectivity index (χ3v) is 3.54. The molecule has 20 heavy (non-hydrogen) atoms. The molecule has 0 bridgehead atoms. The summed E-state index contributed by atoms with van der Waals surface area (Å²) in [6, 6.07) is 4.36. The number of nitro groups is 1. The second kappa shape index (κ2) is 7.86. The third kappa shape index (κ3) is 4.50. The molecule has 0 saturated heterocycles. The number of benzene rings is 1. The van der Waals surface area contributed by atoms with E-state index in [-0.39, 0.29) is 17.8 Å². The van der Waals surface area contributed by atoms with Gasteiger partial charge in [0.2, 0.25) is 0 Å². The molecule has 1 aromatic carbocycles. The Hall–Kier alpha value is -1.60. The molecule has 1 amide bonds. The number of thioether (sulfide) groups is 1. The molecule has 110 valence electrons. The summed E-state index contributed by atoms with van der Waals surface area (Å²) in [5, 5.41) is 23.0. The minimum absolute atomic E-state index is 0.0840. The molecule has 0 aromatic heterocycles. The molecule has 0 heterocycles. The standard InChI is InChI=1S/C13H18N2O4S/c1-3-4-10(16)8-14-13(17)9-5-6-12(20-2)11(7-9)15(18)19/h5-7,10,16H,3-4,8H2,1-2H3,(H,14,17). The van der Waals surface area contributed by atoms with E-state index < -0.39 is 16.9 Å². The lowest BCUT2D eigenvalue weighted by atomic mass is 10.1. The molecule has 1 atom stereocenters. The van der Waals surface area contributed by atoms with Crippen molar-refractivity contribution in [1.82, 2.24) is 5.32 Å². The molecule has 0 aliphatic heterocycles. The van der Waals surface area contributed by atoms with Gasteiger partial charge in [-0.15, -0.1) is 11.8 Å². The summed E-state index contributed by atoms with van der Waals surface area (Å²) in [5.41, 5.74) is 0.137. The van der Waals surface area contributed by atoms with Crippen LogP contribution in [0.2, 0.25) is 0 Å². The average molecular weight is 298 g/mol. The van der Waals surface area contributed by atoms with Crippen molar-refractivity contribution in [3.05, 3.63) is 33.9 Å². The number of nitrogens with zero attached hydrogens (tertiary/aromatic N) is 1. The fraction of sp³-hybridized carbons (Fsp3) is 0.462. The van der Waals surface area contributed by atoms with Gasteiger partial charge in [-0.3, -0.25) is 14.9 Å². The van der Waals surface area contributed by atoms with Gasteiger partial charge in [0.25, 0.3) is 11.6 Å². The van der Waals surface area contributed by atoms with Crippen LogP contribution < -0.4 is 5.32 Å². The second-order valence-corrected chi connectivity index (χ2v) is 5.14. The fourth-order valence-corrected chi connectivity index (χ4v) is 2.27. The molecule has 1 rings (SSSR count). The van der Waals surface area contributed by atoms with Crippen LogP contribution in [-0.2, 0) is 0 Å². The molecule has 7 heteroatoms. The van der Waals surface area contributed by atoms with Crippen molar-refractivity contribution in [3.8, 4) is 0 Å². The lowest BCUT2D eigenvalue weighted by Gasteiger charge is -2.11. The number of aliphatic hydroxyl groups excluding tert-OH is 1. The Kier molecular flexibility index (Phi) is 6.47. The predicted octanol–water partition coefficient (Wildman–Crippen LogP) is 2.21. The summed E-state index contributed by atoms with van der Waals surface area (Å²) >= 11 is 1.26. The Labute approximate surface area is 121 Å². The van der Waals surface area contributed by atoms with Crippen molar-refractivity contribution in [1.29, 1.82) is 0 Å². The Morgan fingerprint density at radius 3 is 2.80 bits per heavy atom. The van der Waals surface area contributed by atoms with Gasteiger partial charge in [-0.2, -0.15) is 0 Å². The molecular formula is C13H18N2O4S. The van der Waals surface area contributed by atoms with E-state index in [0.29, 0.717) is 11.3 Å². The number of nitro benzene ring substituents is 1. The molecule has 0 aliphatic carbocycles. The van der Waals surface area contributed by atoms with Crippen molar-refractivity contribution in [2.75, 3.05) is 12.8 Å². The Balaban J connectivity index is 2.78. The van der Waals surface area contributed by atoms with Crippen LogP contribution in [-0.4, -0.2) is 34.8 Å². The van der Waals surface area contributed by atoms with Crippen LogP contribution in [0.3, 0.4) is 0 Å². The highest BCUT2D eigenvalue weighted by atomic mass is 32.2. The topological polar surface area (TPSA) is 92.5 Å². The molecule has 1 aromatic rings. The summed E-state index contributed by atoms with van der Waals surface area (Å²) in [6.07, 6.45) is 2.57. The highest BCUT2D eigenvalue weighted by Gasteiger charge is 2.17. The van der Waals surface area contributed by atoms with Crippen LogP contribution in [0.4, 0.5) is 5.69 Å². The van der Waals surface area contributed by atoms with Crippen LogP contribution in [0, 0.1) is 10.1 Å². The Bertz CT molecular complexity index is 493. The number of nitrogens with one attached hydrogen (secondary N) is 1. The maximum Gasteiger partial charge on any atom is 0.283 e. The summed E-state index contributed by atoms with van der Waals surface area (Å²) in [5.74, 6) is -0.420. The molecule has 0 fully saturated rings.